The number of benzene rings is 2. The van der Waals surface area contributed by atoms with Crippen LogP contribution < -0.4 is 0 Å². The number of rotatable bonds is 4. The van der Waals surface area contributed by atoms with Crippen LogP contribution in [0.5, 0.6) is 11.5 Å². The van der Waals surface area contributed by atoms with Crippen LogP contribution in [0.4, 0.5) is 0 Å². The average molecular weight is 366 g/mol. The molecule has 0 fully saturated rings. The zero-order chi connectivity index (χ0) is 19.9. The molecule has 0 aliphatic carbocycles. The summed E-state index contributed by atoms with van der Waals surface area (Å²) in [5, 5.41) is 37.2. The zero-order valence-electron chi connectivity index (χ0n) is 14.6. The van der Waals surface area contributed by atoms with Crippen molar-refractivity contribution in [1.29, 1.82) is 10.5 Å². The summed E-state index contributed by atoms with van der Waals surface area (Å²) in [7, 11) is 0. The molecule has 1 aromatic heterocycles. The van der Waals surface area contributed by atoms with Crippen LogP contribution >= 0.6 is 0 Å². The number of hydrogen-bond donors (Lipinski definition) is 2. The summed E-state index contributed by atoms with van der Waals surface area (Å²) in [6.07, 6.45) is 6.93. The van der Waals surface area contributed by atoms with Gasteiger partial charge in [0, 0.05) is 0 Å². The molecule has 2 aromatic carbocycles. The first-order valence-corrected chi connectivity index (χ1v) is 8.25. The summed E-state index contributed by atoms with van der Waals surface area (Å²) >= 11 is 0. The van der Waals surface area contributed by atoms with Crippen molar-refractivity contribution in [1.82, 2.24) is 9.97 Å². The van der Waals surface area contributed by atoms with Gasteiger partial charge in [-0.1, -0.05) is 36.4 Å². The van der Waals surface area contributed by atoms with Crippen molar-refractivity contribution in [3.8, 4) is 23.6 Å². The molecule has 2 N–H and O–H groups in total. The number of aromatic hydroxyl groups is 2. The fraction of sp³-hybridized carbons (Fsp3) is 0. The fourth-order valence-corrected chi connectivity index (χ4v) is 2.38. The molecule has 3 aromatic rings. The van der Waals surface area contributed by atoms with Crippen molar-refractivity contribution >= 4 is 24.3 Å². The van der Waals surface area contributed by atoms with Crippen molar-refractivity contribution < 1.29 is 10.2 Å². The molecule has 28 heavy (non-hydrogen) atoms. The number of phenols is 2. The lowest BCUT2D eigenvalue weighted by atomic mass is 10.1. The Hall–Kier alpha value is -4.42. The first kappa shape index (κ1) is 18.4. The van der Waals surface area contributed by atoms with Gasteiger partial charge >= 0.3 is 0 Å². The monoisotopic (exact) mass is 366 g/mol. The van der Waals surface area contributed by atoms with Crippen LogP contribution in [0.3, 0.4) is 0 Å². The summed E-state index contributed by atoms with van der Waals surface area (Å²) < 4.78 is 0. The highest BCUT2D eigenvalue weighted by Gasteiger charge is 2.10. The Labute approximate surface area is 161 Å². The number of nitriles is 2. The number of phenolic OH excluding ortho intramolecular Hbond substituents is 2. The third-order valence-corrected chi connectivity index (χ3v) is 3.82. The van der Waals surface area contributed by atoms with Gasteiger partial charge in [-0.2, -0.15) is 10.5 Å². The van der Waals surface area contributed by atoms with E-state index in [1.54, 1.807) is 72.8 Å². The van der Waals surface area contributed by atoms with E-state index in [9.17, 15) is 20.7 Å². The van der Waals surface area contributed by atoms with E-state index in [4.69, 9.17) is 0 Å². The predicted octanol–water partition coefficient (Wildman–Crippen LogP) is 3.97. The van der Waals surface area contributed by atoms with Crippen molar-refractivity contribution in [2.24, 2.45) is 0 Å². The molecule has 134 valence electrons. The summed E-state index contributed by atoms with van der Waals surface area (Å²) in [4.78, 5) is 8.49. The van der Waals surface area contributed by atoms with E-state index in [0.717, 1.165) is 11.1 Å². The van der Waals surface area contributed by atoms with E-state index in [1.807, 2.05) is 12.1 Å². The minimum absolute atomic E-state index is 0.0466. The third-order valence-electron chi connectivity index (χ3n) is 3.82. The molecule has 0 bridgehead atoms. The molecule has 0 amide bonds. The van der Waals surface area contributed by atoms with Gasteiger partial charge in [0.25, 0.3) is 0 Å². The van der Waals surface area contributed by atoms with E-state index in [-0.39, 0.29) is 22.9 Å². The highest BCUT2D eigenvalue weighted by atomic mass is 16.3. The Balaban J connectivity index is 2.01. The Kier molecular flexibility index (Phi) is 5.45. The third kappa shape index (κ3) is 4.40. The highest BCUT2D eigenvalue weighted by molar-refractivity contribution is 5.77. The minimum Gasteiger partial charge on any atom is -0.508 e. The van der Waals surface area contributed by atoms with Gasteiger partial charge in [-0.3, -0.25) is 0 Å². The van der Waals surface area contributed by atoms with Crippen LogP contribution in [0, 0.1) is 22.7 Å². The van der Waals surface area contributed by atoms with Crippen LogP contribution in [0.1, 0.15) is 33.9 Å². The fourth-order valence-electron chi connectivity index (χ4n) is 2.38. The summed E-state index contributed by atoms with van der Waals surface area (Å²) in [5.74, 6) is 0.333. The molecule has 6 nitrogen and oxygen atoms in total. The van der Waals surface area contributed by atoms with Crippen LogP contribution in [0.2, 0.25) is 0 Å². The van der Waals surface area contributed by atoms with Gasteiger partial charge in [0.05, 0.1) is 11.4 Å². The number of hydrogen-bond acceptors (Lipinski definition) is 6. The van der Waals surface area contributed by atoms with E-state index in [1.165, 1.54) is 0 Å². The van der Waals surface area contributed by atoms with Crippen LogP contribution in [-0.4, -0.2) is 20.2 Å². The Morgan fingerprint density at radius 1 is 0.607 bits per heavy atom. The Morgan fingerprint density at radius 3 is 1.29 bits per heavy atom. The molecule has 0 unspecified atom stereocenters. The van der Waals surface area contributed by atoms with Crippen LogP contribution in [0.15, 0.2) is 48.5 Å². The van der Waals surface area contributed by atoms with Gasteiger partial charge in [0.2, 0.25) is 0 Å². The van der Waals surface area contributed by atoms with E-state index in [2.05, 4.69) is 9.97 Å². The zero-order valence-corrected chi connectivity index (χ0v) is 14.6. The standard InChI is InChI=1S/C22H14N4O2/c23-13-21-22(14-24)26-20(12-6-16-3-9-18(28)10-4-16)19(25-21)11-5-15-1-7-17(27)8-2-15/h1-12,27-28H/b11-5+,12-6+. The quantitative estimate of drug-likeness (QED) is 0.722. The van der Waals surface area contributed by atoms with Crippen molar-refractivity contribution in [3.05, 3.63) is 82.4 Å². The minimum atomic E-state index is -0.0466. The average Bonchev–Trinajstić information content (AvgIpc) is 2.72. The smallest absolute Gasteiger partial charge is 0.177 e. The summed E-state index contributed by atoms with van der Waals surface area (Å²) in [5.41, 5.74) is 2.42. The molecule has 0 atom stereocenters. The van der Waals surface area contributed by atoms with Gasteiger partial charge in [-0.25, -0.2) is 9.97 Å². The van der Waals surface area contributed by atoms with Crippen molar-refractivity contribution in [2.75, 3.05) is 0 Å². The topological polar surface area (TPSA) is 114 Å². The molecule has 0 aliphatic rings. The molecule has 0 saturated heterocycles. The predicted molar refractivity (Wildman–Crippen MR) is 106 cm³/mol. The van der Waals surface area contributed by atoms with Gasteiger partial charge in [-0.15, -0.1) is 0 Å². The molecule has 1 heterocycles. The highest BCUT2D eigenvalue weighted by Crippen LogP contribution is 2.18. The van der Waals surface area contributed by atoms with Gasteiger partial charge in [0.15, 0.2) is 11.4 Å². The first-order chi connectivity index (χ1) is 13.6. The largest absolute Gasteiger partial charge is 0.508 e. The van der Waals surface area contributed by atoms with Gasteiger partial charge in [0.1, 0.15) is 23.6 Å². The van der Waals surface area contributed by atoms with Crippen LogP contribution in [-0.2, 0) is 0 Å². The maximum absolute atomic E-state index is 9.37. The Bertz CT molecular complexity index is 1040. The lowest BCUT2D eigenvalue weighted by Gasteiger charge is -2.03. The maximum atomic E-state index is 9.37. The van der Waals surface area contributed by atoms with Crippen LogP contribution in [0.25, 0.3) is 24.3 Å². The van der Waals surface area contributed by atoms with Crippen molar-refractivity contribution in [2.45, 2.75) is 0 Å². The molecule has 0 spiro atoms. The second kappa shape index (κ2) is 8.31. The van der Waals surface area contributed by atoms with E-state index in [0.29, 0.717) is 11.4 Å². The number of nitrogens with zero attached hydrogens (tertiary/aromatic N) is 4. The van der Waals surface area contributed by atoms with Crippen molar-refractivity contribution in [3.63, 3.8) is 0 Å². The first-order valence-electron chi connectivity index (χ1n) is 8.25. The maximum Gasteiger partial charge on any atom is 0.177 e. The number of aromatic nitrogens is 2. The normalized spacial score (nSPS) is 10.8. The molecule has 6 heteroatoms. The molecule has 0 saturated carbocycles. The second-order valence-electron chi connectivity index (χ2n) is 5.76. The second-order valence-corrected chi connectivity index (χ2v) is 5.76. The molecular weight excluding hydrogens is 352 g/mol. The van der Waals surface area contributed by atoms with Gasteiger partial charge < -0.3 is 10.2 Å². The molecule has 0 aliphatic heterocycles. The SMILES string of the molecule is N#Cc1nc(/C=C/c2ccc(O)cc2)c(/C=C/c2ccc(O)cc2)nc1C#N. The van der Waals surface area contributed by atoms with E-state index < -0.39 is 0 Å². The Morgan fingerprint density at radius 2 is 0.964 bits per heavy atom. The summed E-state index contributed by atoms with van der Waals surface area (Å²) in [6, 6.07) is 17.0. The van der Waals surface area contributed by atoms with E-state index >= 15 is 0 Å². The van der Waals surface area contributed by atoms with Gasteiger partial charge in [-0.05, 0) is 47.5 Å². The molecular formula is C22H14N4O2. The molecule has 3 rings (SSSR count). The lowest BCUT2D eigenvalue weighted by Crippen LogP contribution is -2.00. The summed E-state index contributed by atoms with van der Waals surface area (Å²) in [6.45, 7) is 0. The molecule has 0 radical (unpaired) electrons. The lowest BCUT2D eigenvalue weighted by molar-refractivity contribution is 0.474.